The molecule has 2 aromatic heterocycles. The predicted octanol–water partition coefficient (Wildman–Crippen LogP) is 1.23. The number of piperidine rings is 1. The van der Waals surface area contributed by atoms with Crippen LogP contribution in [-0.4, -0.2) is 56.9 Å². The van der Waals surface area contributed by atoms with Crippen LogP contribution in [0.15, 0.2) is 48.0 Å². The van der Waals surface area contributed by atoms with Crippen LogP contribution >= 0.6 is 0 Å². The van der Waals surface area contributed by atoms with Crippen LogP contribution in [0.5, 0.6) is 0 Å². The molecule has 0 aliphatic carbocycles. The van der Waals surface area contributed by atoms with Crippen LogP contribution in [0.3, 0.4) is 0 Å². The van der Waals surface area contributed by atoms with E-state index in [-0.39, 0.29) is 17.6 Å². The Morgan fingerprint density at radius 2 is 1.93 bits per heavy atom. The van der Waals surface area contributed by atoms with E-state index >= 15 is 0 Å². The predicted molar refractivity (Wildman–Crippen MR) is 99.7 cm³/mol. The first-order valence-electron chi connectivity index (χ1n) is 8.86. The fourth-order valence-corrected chi connectivity index (χ4v) is 5.36. The summed E-state index contributed by atoms with van der Waals surface area (Å²) >= 11 is 0. The van der Waals surface area contributed by atoms with Crippen molar-refractivity contribution in [1.82, 2.24) is 24.2 Å². The molecule has 1 fully saturated rings. The van der Waals surface area contributed by atoms with Gasteiger partial charge in [-0.3, -0.25) is 4.79 Å². The molecule has 0 bridgehead atoms. The number of amides is 1. The maximum atomic E-state index is 12.7. The molecule has 0 radical (unpaired) electrons. The normalized spacial score (nSPS) is 16.1. The SMILES string of the molecule is Cn1cnnc1S(=O)(=O)C1CCN(C(=O)Cn2ccc3ccccc32)CC1. The molecule has 3 heterocycles. The molecule has 8 nitrogen and oxygen atoms in total. The van der Waals surface area contributed by atoms with Gasteiger partial charge in [0.25, 0.3) is 0 Å². The van der Waals surface area contributed by atoms with E-state index < -0.39 is 15.1 Å². The quantitative estimate of drug-likeness (QED) is 0.672. The monoisotopic (exact) mass is 387 g/mol. The minimum atomic E-state index is -3.53. The van der Waals surface area contributed by atoms with Gasteiger partial charge in [0.2, 0.25) is 20.9 Å². The zero-order valence-electron chi connectivity index (χ0n) is 15.0. The first-order valence-corrected chi connectivity index (χ1v) is 10.4. The molecule has 9 heteroatoms. The molecule has 4 rings (SSSR count). The van der Waals surface area contributed by atoms with Gasteiger partial charge in [0.05, 0.1) is 5.25 Å². The van der Waals surface area contributed by atoms with Crippen LogP contribution in [-0.2, 0) is 28.2 Å². The number of aryl methyl sites for hydroxylation is 1. The first-order chi connectivity index (χ1) is 13.0. The van der Waals surface area contributed by atoms with Crippen molar-refractivity contribution in [2.45, 2.75) is 29.8 Å². The molecular weight excluding hydrogens is 366 g/mol. The van der Waals surface area contributed by atoms with Gasteiger partial charge in [-0.1, -0.05) is 18.2 Å². The fraction of sp³-hybridized carbons (Fsp3) is 0.389. The van der Waals surface area contributed by atoms with Crippen molar-refractivity contribution in [2.75, 3.05) is 13.1 Å². The van der Waals surface area contributed by atoms with E-state index in [0.717, 1.165) is 10.9 Å². The number of aromatic nitrogens is 4. The van der Waals surface area contributed by atoms with Gasteiger partial charge in [-0.05, 0) is 30.4 Å². The maximum Gasteiger partial charge on any atom is 0.249 e. The summed E-state index contributed by atoms with van der Waals surface area (Å²) < 4.78 is 28.8. The van der Waals surface area contributed by atoms with E-state index in [2.05, 4.69) is 10.2 Å². The van der Waals surface area contributed by atoms with Gasteiger partial charge in [0.15, 0.2) is 0 Å². The van der Waals surface area contributed by atoms with Crippen molar-refractivity contribution < 1.29 is 13.2 Å². The Labute approximate surface area is 157 Å². The molecule has 0 N–H and O–H groups in total. The smallest absolute Gasteiger partial charge is 0.249 e. The number of benzene rings is 1. The van der Waals surface area contributed by atoms with Gasteiger partial charge in [-0.25, -0.2) is 8.42 Å². The molecule has 0 saturated carbocycles. The molecule has 1 aliphatic rings. The number of carbonyl (C=O) groups is 1. The standard InChI is InChI=1S/C18H21N5O3S/c1-21-13-19-20-18(21)27(25,26)15-7-10-22(11-8-15)17(24)12-23-9-6-14-4-2-3-5-16(14)23/h2-6,9,13,15H,7-8,10-12H2,1H3. The second kappa shape index (κ2) is 6.80. The lowest BCUT2D eigenvalue weighted by Gasteiger charge is -2.31. The lowest BCUT2D eigenvalue weighted by Crippen LogP contribution is -2.44. The van der Waals surface area contributed by atoms with E-state index in [9.17, 15) is 13.2 Å². The van der Waals surface area contributed by atoms with Crippen LogP contribution in [0.25, 0.3) is 10.9 Å². The van der Waals surface area contributed by atoms with Crippen LogP contribution in [0.1, 0.15) is 12.8 Å². The van der Waals surface area contributed by atoms with Crippen LogP contribution in [0.2, 0.25) is 0 Å². The molecule has 1 amide bonds. The topological polar surface area (TPSA) is 90.1 Å². The largest absolute Gasteiger partial charge is 0.341 e. The van der Waals surface area contributed by atoms with Crippen LogP contribution in [0.4, 0.5) is 0 Å². The number of hydrogen-bond acceptors (Lipinski definition) is 5. The Morgan fingerprint density at radius 1 is 1.19 bits per heavy atom. The molecule has 3 aromatic rings. The van der Waals surface area contributed by atoms with Crippen LogP contribution < -0.4 is 0 Å². The third-order valence-corrected chi connectivity index (χ3v) is 7.37. The zero-order chi connectivity index (χ0) is 19.0. The Hall–Kier alpha value is -2.68. The summed E-state index contributed by atoms with van der Waals surface area (Å²) in [4.78, 5) is 14.4. The average Bonchev–Trinajstić information content (AvgIpc) is 3.29. The van der Waals surface area contributed by atoms with Crippen molar-refractivity contribution in [1.29, 1.82) is 0 Å². The van der Waals surface area contributed by atoms with Crippen LogP contribution in [0, 0.1) is 0 Å². The lowest BCUT2D eigenvalue weighted by atomic mass is 10.1. The molecule has 0 unspecified atom stereocenters. The van der Waals surface area contributed by atoms with E-state index in [1.165, 1.54) is 10.9 Å². The molecule has 1 aromatic carbocycles. The minimum absolute atomic E-state index is 0.00543. The molecule has 0 atom stereocenters. The van der Waals surface area contributed by atoms with Crippen molar-refractivity contribution >= 4 is 26.6 Å². The van der Waals surface area contributed by atoms with E-state index in [0.29, 0.717) is 25.9 Å². The van der Waals surface area contributed by atoms with Gasteiger partial charge in [-0.15, -0.1) is 10.2 Å². The summed E-state index contributed by atoms with van der Waals surface area (Å²) in [6.07, 6.45) is 4.11. The highest BCUT2D eigenvalue weighted by Gasteiger charge is 2.35. The number of rotatable bonds is 4. The van der Waals surface area contributed by atoms with Gasteiger partial charge >= 0.3 is 0 Å². The zero-order valence-corrected chi connectivity index (χ0v) is 15.8. The molecule has 27 heavy (non-hydrogen) atoms. The summed E-state index contributed by atoms with van der Waals surface area (Å²) in [5, 5.41) is 7.95. The van der Waals surface area contributed by atoms with E-state index in [4.69, 9.17) is 0 Å². The average molecular weight is 387 g/mol. The summed E-state index contributed by atoms with van der Waals surface area (Å²) in [6, 6.07) is 9.91. The Morgan fingerprint density at radius 3 is 2.63 bits per heavy atom. The van der Waals surface area contributed by atoms with Gasteiger partial charge in [0, 0.05) is 31.9 Å². The molecular formula is C18H21N5O3S. The highest BCUT2D eigenvalue weighted by atomic mass is 32.2. The second-order valence-corrected chi connectivity index (χ2v) is 8.97. The van der Waals surface area contributed by atoms with Crippen molar-refractivity contribution in [3.8, 4) is 0 Å². The van der Waals surface area contributed by atoms with Crippen molar-refractivity contribution in [2.24, 2.45) is 7.05 Å². The lowest BCUT2D eigenvalue weighted by molar-refractivity contribution is -0.132. The Balaban J connectivity index is 1.42. The highest BCUT2D eigenvalue weighted by molar-refractivity contribution is 7.91. The summed E-state index contributed by atoms with van der Waals surface area (Å²) in [5.74, 6) is 0.00543. The van der Waals surface area contributed by atoms with E-state index in [1.807, 2.05) is 41.1 Å². The van der Waals surface area contributed by atoms with Gasteiger partial charge < -0.3 is 14.0 Å². The molecule has 1 saturated heterocycles. The minimum Gasteiger partial charge on any atom is -0.341 e. The summed E-state index contributed by atoms with van der Waals surface area (Å²) in [5.41, 5.74) is 1.02. The third-order valence-electron chi connectivity index (χ3n) is 5.14. The van der Waals surface area contributed by atoms with Gasteiger partial charge in [-0.2, -0.15) is 0 Å². The van der Waals surface area contributed by atoms with Gasteiger partial charge in [0.1, 0.15) is 12.9 Å². The third kappa shape index (κ3) is 3.23. The number of fused-ring (bicyclic) bond motifs is 1. The molecule has 1 aliphatic heterocycles. The van der Waals surface area contributed by atoms with Crippen molar-refractivity contribution in [3.05, 3.63) is 42.9 Å². The fourth-order valence-electron chi connectivity index (χ4n) is 3.62. The first kappa shape index (κ1) is 17.7. The van der Waals surface area contributed by atoms with E-state index in [1.54, 1.807) is 11.9 Å². The molecule has 142 valence electrons. The van der Waals surface area contributed by atoms with Crippen molar-refractivity contribution in [3.63, 3.8) is 0 Å². The maximum absolute atomic E-state index is 12.7. The Kier molecular flexibility index (Phi) is 4.47. The number of likely N-dealkylation sites (tertiary alicyclic amines) is 1. The summed E-state index contributed by atoms with van der Waals surface area (Å²) in [6.45, 7) is 1.12. The highest BCUT2D eigenvalue weighted by Crippen LogP contribution is 2.23. The number of carbonyl (C=O) groups excluding carboxylic acids is 1. The molecule has 0 spiro atoms. The number of sulfone groups is 1. The Bertz CT molecular complexity index is 1080. The number of para-hydroxylation sites is 1. The number of nitrogens with zero attached hydrogens (tertiary/aromatic N) is 5. The number of hydrogen-bond donors (Lipinski definition) is 0. The second-order valence-electron chi connectivity index (χ2n) is 6.85. The summed E-state index contributed by atoms with van der Waals surface area (Å²) in [7, 11) is -1.91.